The molecule has 10 heteroatoms. The number of hydrogen-bond acceptors (Lipinski definition) is 8. The lowest BCUT2D eigenvalue weighted by molar-refractivity contribution is -0.140. The van der Waals surface area contributed by atoms with Gasteiger partial charge in [-0.3, -0.25) is 9.59 Å². The van der Waals surface area contributed by atoms with Crippen molar-refractivity contribution in [2.45, 2.75) is 65.3 Å². The SMILES string of the molecule is C=C(C)C(=O)OCCOC(=O)N[C@@H](Cc1ccc(O)cc1)C(=O)NCCc1ccc(OC(=O)CCCCC(C)C)cc1. The monoisotopic (exact) mass is 582 g/mol. The van der Waals surface area contributed by atoms with Crippen LogP contribution in [0.25, 0.3) is 0 Å². The molecule has 0 aliphatic heterocycles. The largest absolute Gasteiger partial charge is 0.508 e. The summed E-state index contributed by atoms with van der Waals surface area (Å²) in [5, 5.41) is 14.9. The maximum atomic E-state index is 13.0. The van der Waals surface area contributed by atoms with Crippen LogP contribution in [-0.2, 0) is 36.7 Å². The maximum Gasteiger partial charge on any atom is 0.407 e. The van der Waals surface area contributed by atoms with Crippen LogP contribution in [0.2, 0.25) is 0 Å². The van der Waals surface area contributed by atoms with Gasteiger partial charge >= 0.3 is 18.0 Å². The minimum absolute atomic E-state index is 0.0823. The molecule has 2 aromatic carbocycles. The zero-order valence-corrected chi connectivity index (χ0v) is 24.6. The molecule has 0 aliphatic rings. The Balaban J connectivity index is 1.84. The van der Waals surface area contributed by atoms with E-state index in [2.05, 4.69) is 31.1 Å². The van der Waals surface area contributed by atoms with E-state index in [4.69, 9.17) is 14.2 Å². The third kappa shape index (κ3) is 13.8. The van der Waals surface area contributed by atoms with Crippen LogP contribution >= 0.6 is 0 Å². The average Bonchev–Trinajstić information content (AvgIpc) is 2.94. The summed E-state index contributed by atoms with van der Waals surface area (Å²) in [6.45, 7) is 9.25. The molecule has 0 radical (unpaired) electrons. The van der Waals surface area contributed by atoms with E-state index in [1.165, 1.54) is 19.1 Å². The average molecular weight is 583 g/mol. The zero-order chi connectivity index (χ0) is 30.9. The Labute approximate surface area is 247 Å². The first-order valence-electron chi connectivity index (χ1n) is 14.1. The van der Waals surface area contributed by atoms with Crippen molar-refractivity contribution in [2.24, 2.45) is 5.92 Å². The van der Waals surface area contributed by atoms with Gasteiger partial charge in [0.2, 0.25) is 5.91 Å². The van der Waals surface area contributed by atoms with Crippen LogP contribution in [0.4, 0.5) is 4.79 Å². The fourth-order valence-corrected chi connectivity index (χ4v) is 3.83. The highest BCUT2D eigenvalue weighted by Crippen LogP contribution is 2.15. The molecule has 2 aromatic rings. The van der Waals surface area contributed by atoms with Crippen molar-refractivity contribution in [1.29, 1.82) is 0 Å². The molecule has 0 bridgehead atoms. The van der Waals surface area contributed by atoms with Gasteiger partial charge in [0.15, 0.2) is 0 Å². The molecule has 2 amide bonds. The van der Waals surface area contributed by atoms with Crippen molar-refractivity contribution in [3.8, 4) is 11.5 Å². The Morgan fingerprint density at radius 3 is 2.19 bits per heavy atom. The highest BCUT2D eigenvalue weighted by Gasteiger charge is 2.22. The summed E-state index contributed by atoms with van der Waals surface area (Å²) in [6, 6.07) is 12.4. The Morgan fingerprint density at radius 1 is 0.905 bits per heavy atom. The van der Waals surface area contributed by atoms with Crippen molar-refractivity contribution in [3.63, 3.8) is 0 Å². The van der Waals surface area contributed by atoms with E-state index >= 15 is 0 Å². The lowest BCUT2D eigenvalue weighted by Gasteiger charge is -2.19. The van der Waals surface area contributed by atoms with Crippen LogP contribution in [-0.4, -0.2) is 54.8 Å². The molecule has 0 heterocycles. The number of phenolic OH excluding ortho intramolecular Hbond substituents is 1. The van der Waals surface area contributed by atoms with Crippen LogP contribution in [0.3, 0.4) is 0 Å². The van der Waals surface area contributed by atoms with E-state index in [1.807, 2.05) is 12.1 Å². The van der Waals surface area contributed by atoms with Crippen LogP contribution < -0.4 is 15.4 Å². The quantitative estimate of drug-likeness (QED) is 0.106. The van der Waals surface area contributed by atoms with E-state index in [0.29, 0.717) is 36.6 Å². The van der Waals surface area contributed by atoms with Crippen LogP contribution in [0.5, 0.6) is 11.5 Å². The highest BCUT2D eigenvalue weighted by atomic mass is 16.6. The number of amides is 2. The van der Waals surface area contributed by atoms with Crippen LogP contribution in [0.1, 0.15) is 57.6 Å². The fourth-order valence-electron chi connectivity index (χ4n) is 3.83. The van der Waals surface area contributed by atoms with Gasteiger partial charge in [0.25, 0.3) is 0 Å². The Morgan fingerprint density at radius 2 is 1.55 bits per heavy atom. The number of phenols is 1. The maximum absolute atomic E-state index is 13.0. The Kier molecular flexibility index (Phi) is 14.6. The smallest absolute Gasteiger partial charge is 0.407 e. The Bertz CT molecular complexity index is 1180. The topological polar surface area (TPSA) is 140 Å². The molecule has 42 heavy (non-hydrogen) atoms. The van der Waals surface area contributed by atoms with Crippen LogP contribution in [0.15, 0.2) is 60.7 Å². The Hall–Kier alpha value is -4.34. The van der Waals surface area contributed by atoms with E-state index in [1.54, 1.807) is 24.3 Å². The molecule has 3 N–H and O–H groups in total. The molecule has 228 valence electrons. The standard InChI is InChI=1S/C32H42N2O8/c1-22(2)7-5-6-8-29(36)42-27-15-11-24(12-16-27)17-18-33-30(37)28(21-25-9-13-26(35)14-10-25)34-32(39)41-20-19-40-31(38)23(3)4/h9-16,22,28,35H,3,5-8,17-21H2,1-2,4H3,(H,33,37)(H,34,39)/t28-/m0/s1. The summed E-state index contributed by atoms with van der Waals surface area (Å²) in [6.07, 6.45) is 3.10. The summed E-state index contributed by atoms with van der Waals surface area (Å²) < 4.78 is 15.3. The van der Waals surface area contributed by atoms with Gasteiger partial charge in [0, 0.05) is 25.0 Å². The number of nitrogens with one attached hydrogen (secondary N) is 2. The predicted octanol–water partition coefficient (Wildman–Crippen LogP) is 4.63. The zero-order valence-electron chi connectivity index (χ0n) is 24.6. The van der Waals surface area contributed by atoms with Gasteiger partial charge in [-0.25, -0.2) is 9.59 Å². The van der Waals surface area contributed by atoms with E-state index in [0.717, 1.165) is 24.8 Å². The number of unbranched alkanes of at least 4 members (excludes halogenated alkanes) is 1. The molecule has 0 saturated heterocycles. The van der Waals surface area contributed by atoms with Crippen molar-refractivity contribution in [3.05, 3.63) is 71.8 Å². The van der Waals surface area contributed by atoms with E-state index in [9.17, 15) is 24.3 Å². The normalized spacial score (nSPS) is 11.3. The molecule has 0 unspecified atom stereocenters. The van der Waals surface area contributed by atoms with E-state index in [-0.39, 0.29) is 36.9 Å². The number of hydrogen-bond donors (Lipinski definition) is 3. The minimum atomic E-state index is -0.956. The molecule has 0 aromatic heterocycles. The number of carbonyl (C=O) groups excluding carboxylic acids is 4. The molecule has 0 fully saturated rings. The minimum Gasteiger partial charge on any atom is -0.508 e. The van der Waals surface area contributed by atoms with Gasteiger partial charge < -0.3 is 30.0 Å². The second kappa shape index (κ2) is 18.2. The molecule has 1 atom stereocenters. The first-order valence-corrected chi connectivity index (χ1v) is 14.1. The highest BCUT2D eigenvalue weighted by molar-refractivity contribution is 5.87. The summed E-state index contributed by atoms with van der Waals surface area (Å²) in [7, 11) is 0. The lowest BCUT2D eigenvalue weighted by Crippen LogP contribution is -2.48. The van der Waals surface area contributed by atoms with Gasteiger partial charge in [-0.2, -0.15) is 0 Å². The van der Waals surface area contributed by atoms with Crippen molar-refractivity contribution < 1.29 is 38.5 Å². The first-order chi connectivity index (χ1) is 20.0. The predicted molar refractivity (Wildman–Crippen MR) is 158 cm³/mol. The van der Waals surface area contributed by atoms with Crippen molar-refractivity contribution in [1.82, 2.24) is 10.6 Å². The molecule has 0 aliphatic carbocycles. The summed E-state index contributed by atoms with van der Waals surface area (Å²) in [5.41, 5.74) is 1.87. The second-order valence-electron chi connectivity index (χ2n) is 10.4. The number of aromatic hydroxyl groups is 1. The number of esters is 2. The summed E-state index contributed by atoms with van der Waals surface area (Å²) in [5.74, 6) is -0.0878. The fraction of sp³-hybridized carbons (Fsp3) is 0.438. The van der Waals surface area contributed by atoms with E-state index < -0.39 is 24.0 Å². The molecule has 0 saturated carbocycles. The van der Waals surface area contributed by atoms with Gasteiger partial charge in [-0.15, -0.1) is 0 Å². The molecule has 10 nitrogen and oxygen atoms in total. The van der Waals surface area contributed by atoms with Gasteiger partial charge in [-0.05, 0) is 61.1 Å². The van der Waals surface area contributed by atoms with Crippen molar-refractivity contribution >= 4 is 23.9 Å². The van der Waals surface area contributed by atoms with Gasteiger partial charge in [0.1, 0.15) is 30.8 Å². The summed E-state index contributed by atoms with van der Waals surface area (Å²) in [4.78, 5) is 48.8. The lowest BCUT2D eigenvalue weighted by atomic mass is 10.0. The number of alkyl carbamates (subject to hydrolysis) is 1. The third-order valence-electron chi connectivity index (χ3n) is 6.16. The third-order valence-corrected chi connectivity index (χ3v) is 6.16. The molecular formula is C32H42N2O8. The van der Waals surface area contributed by atoms with Gasteiger partial charge in [0.05, 0.1) is 0 Å². The molecule has 0 spiro atoms. The first kappa shape index (κ1) is 33.9. The van der Waals surface area contributed by atoms with Crippen LogP contribution in [0, 0.1) is 5.92 Å². The number of ether oxygens (including phenoxy) is 3. The van der Waals surface area contributed by atoms with Gasteiger partial charge in [-0.1, -0.05) is 57.5 Å². The number of benzene rings is 2. The number of rotatable bonds is 17. The summed E-state index contributed by atoms with van der Waals surface area (Å²) >= 11 is 0. The van der Waals surface area contributed by atoms with Crippen molar-refractivity contribution in [2.75, 3.05) is 19.8 Å². The molecular weight excluding hydrogens is 540 g/mol. The molecule has 2 rings (SSSR count). The second-order valence-corrected chi connectivity index (χ2v) is 10.4. The number of carbonyl (C=O) groups is 4.